The van der Waals surface area contributed by atoms with E-state index < -0.39 is 0 Å². The molecule has 0 spiro atoms. The smallest absolute Gasteiger partial charge is 0.276 e. The van der Waals surface area contributed by atoms with Crippen molar-refractivity contribution in [2.45, 2.75) is 0 Å². The fourth-order valence-corrected chi connectivity index (χ4v) is 2.93. The quantitative estimate of drug-likeness (QED) is 0.440. The van der Waals surface area contributed by atoms with Crippen LogP contribution < -0.4 is 21.0 Å². The number of hydrogen-bond donors (Lipinski definition) is 0. The van der Waals surface area contributed by atoms with Crippen molar-refractivity contribution in [3.05, 3.63) is 105 Å². The van der Waals surface area contributed by atoms with Crippen LogP contribution in [0.3, 0.4) is 0 Å². The van der Waals surface area contributed by atoms with Crippen LogP contribution in [0.25, 0.3) is 12.2 Å². The van der Waals surface area contributed by atoms with Crippen molar-refractivity contribution in [1.29, 1.82) is 0 Å². The van der Waals surface area contributed by atoms with E-state index in [1.165, 1.54) is 0 Å². The summed E-state index contributed by atoms with van der Waals surface area (Å²) >= 11 is 3.35. The summed E-state index contributed by atoms with van der Waals surface area (Å²) in [6, 6.07) is 19.5. The highest BCUT2D eigenvalue weighted by Gasteiger charge is 2.07. The molecule has 0 aliphatic heterocycles. The summed E-state index contributed by atoms with van der Waals surface area (Å²) in [6.07, 6.45) is 7.55. The van der Waals surface area contributed by atoms with Crippen LogP contribution in [-0.2, 0) is 7.05 Å². The summed E-state index contributed by atoms with van der Waals surface area (Å²) in [4.78, 5) is 17.4. The normalized spacial score (nSPS) is 12.6. The fraction of sp³-hybridized carbons (Fsp3) is 0.130. The lowest BCUT2D eigenvalue weighted by Crippen LogP contribution is -2.44. The Balaban J connectivity index is 2.17. The van der Waals surface area contributed by atoms with Crippen LogP contribution in [0.4, 0.5) is 0 Å². The van der Waals surface area contributed by atoms with Crippen LogP contribution >= 0.6 is 15.9 Å². The minimum absolute atomic E-state index is 0.172. The van der Waals surface area contributed by atoms with Gasteiger partial charge in [-0.25, -0.2) is 4.98 Å². The van der Waals surface area contributed by atoms with Gasteiger partial charge in [-0.05, 0) is 23.3 Å². The summed E-state index contributed by atoms with van der Waals surface area (Å²) in [5.74, 6) is 0.423. The van der Waals surface area contributed by atoms with Crippen molar-refractivity contribution >= 4 is 28.1 Å². The van der Waals surface area contributed by atoms with Gasteiger partial charge in [0, 0.05) is 12.4 Å². The van der Waals surface area contributed by atoms with Gasteiger partial charge in [0.25, 0.3) is 5.56 Å². The Morgan fingerprint density at radius 1 is 0.964 bits per heavy atom. The second-order valence-electron chi connectivity index (χ2n) is 6.10. The molecule has 1 aromatic heterocycles. The molecule has 0 aliphatic carbocycles. The Morgan fingerprint density at radius 2 is 1.57 bits per heavy atom. The molecular weight excluding hydrogens is 416 g/mol. The molecule has 28 heavy (non-hydrogen) atoms. The first-order valence-electron chi connectivity index (χ1n) is 8.93. The highest BCUT2D eigenvalue weighted by Crippen LogP contribution is 2.02. The van der Waals surface area contributed by atoms with Gasteiger partial charge in [0.2, 0.25) is 5.88 Å². The van der Waals surface area contributed by atoms with Crippen molar-refractivity contribution in [2.24, 2.45) is 7.05 Å². The maximum absolute atomic E-state index is 12.9. The fourth-order valence-electron chi connectivity index (χ4n) is 2.67. The third kappa shape index (κ3) is 5.08. The van der Waals surface area contributed by atoms with Crippen LogP contribution in [0, 0.1) is 0 Å². The topological polar surface area (TPSA) is 44.1 Å². The zero-order valence-corrected chi connectivity index (χ0v) is 17.2. The minimum Gasteiger partial charge on any atom is -0.472 e. The number of rotatable bonds is 6. The third-order valence-electron chi connectivity index (χ3n) is 4.10. The van der Waals surface area contributed by atoms with Crippen molar-refractivity contribution in [1.82, 2.24) is 9.55 Å². The summed E-state index contributed by atoms with van der Waals surface area (Å²) in [5.41, 5.74) is 1.71. The van der Waals surface area contributed by atoms with Gasteiger partial charge >= 0.3 is 0 Å². The standard InChI is InChI=1S/C23H21BrN2O2/c1-26-21(17-19-12-6-3-7-13-19)22(28-15-9-8-14-24)25-20(23(26)27)16-18-10-4-2-5-11-18/h2-13,16-17H,14-15H2,1H3/b9-8+,20-16-,21-17-. The van der Waals surface area contributed by atoms with E-state index in [1.54, 1.807) is 17.7 Å². The second kappa shape index (κ2) is 9.85. The number of halogens is 1. The third-order valence-corrected chi connectivity index (χ3v) is 4.48. The van der Waals surface area contributed by atoms with Gasteiger partial charge in [-0.1, -0.05) is 88.7 Å². The molecular formula is C23H21BrN2O2. The van der Waals surface area contributed by atoms with Gasteiger partial charge in [-0.15, -0.1) is 0 Å². The van der Waals surface area contributed by atoms with Crippen LogP contribution in [-0.4, -0.2) is 21.5 Å². The highest BCUT2D eigenvalue weighted by atomic mass is 79.9. The molecule has 3 rings (SSSR count). The number of allylic oxidation sites excluding steroid dienone is 1. The van der Waals surface area contributed by atoms with Gasteiger partial charge < -0.3 is 9.30 Å². The van der Waals surface area contributed by atoms with E-state index >= 15 is 0 Å². The van der Waals surface area contributed by atoms with Gasteiger partial charge in [-0.2, -0.15) is 0 Å². The summed E-state index contributed by atoms with van der Waals surface area (Å²) in [5, 5.41) is 1.74. The predicted molar refractivity (Wildman–Crippen MR) is 117 cm³/mol. The number of hydrogen-bond acceptors (Lipinski definition) is 3. The molecule has 3 aromatic rings. The Morgan fingerprint density at radius 3 is 2.18 bits per heavy atom. The molecule has 0 saturated carbocycles. The van der Waals surface area contributed by atoms with Crippen molar-refractivity contribution in [3.63, 3.8) is 0 Å². The maximum Gasteiger partial charge on any atom is 0.276 e. The van der Waals surface area contributed by atoms with Gasteiger partial charge in [0.05, 0.1) is 0 Å². The molecule has 1 heterocycles. The molecule has 0 fully saturated rings. The Bertz CT molecular complexity index is 1120. The predicted octanol–water partition coefficient (Wildman–Crippen LogP) is 2.77. The average Bonchev–Trinajstić information content (AvgIpc) is 2.73. The molecule has 0 aliphatic rings. The first kappa shape index (κ1) is 19.8. The molecule has 0 unspecified atom stereocenters. The maximum atomic E-state index is 12.9. The van der Waals surface area contributed by atoms with E-state index in [4.69, 9.17) is 4.74 Å². The van der Waals surface area contributed by atoms with Crippen molar-refractivity contribution in [3.8, 4) is 5.88 Å². The van der Waals surface area contributed by atoms with E-state index in [1.807, 2.05) is 78.9 Å². The molecule has 5 heteroatoms. The summed E-state index contributed by atoms with van der Waals surface area (Å²) < 4.78 is 7.48. The SMILES string of the molecule is Cn1c(=O)/c(=C/c2ccccc2)nc(OC/C=C/CBr)/c1=C/c1ccccc1. The number of nitrogens with zero attached hydrogens (tertiary/aromatic N) is 2. The summed E-state index contributed by atoms with van der Waals surface area (Å²) in [6.45, 7) is 0.372. The monoisotopic (exact) mass is 436 g/mol. The van der Waals surface area contributed by atoms with E-state index in [0.29, 0.717) is 23.2 Å². The Hall–Kier alpha value is -2.92. The van der Waals surface area contributed by atoms with E-state index in [0.717, 1.165) is 16.5 Å². The number of ether oxygens (including phenoxy) is 1. The van der Waals surface area contributed by atoms with Crippen LogP contribution in [0.5, 0.6) is 5.88 Å². The van der Waals surface area contributed by atoms with Crippen LogP contribution in [0.2, 0.25) is 0 Å². The number of benzene rings is 2. The Kier molecular flexibility index (Phi) is 6.98. The second-order valence-corrected chi connectivity index (χ2v) is 6.75. The van der Waals surface area contributed by atoms with E-state index in [2.05, 4.69) is 20.9 Å². The molecule has 0 bridgehead atoms. The molecule has 0 saturated heterocycles. The lowest BCUT2D eigenvalue weighted by atomic mass is 10.2. The molecule has 142 valence electrons. The van der Waals surface area contributed by atoms with Crippen LogP contribution in [0.15, 0.2) is 77.6 Å². The van der Waals surface area contributed by atoms with E-state index in [9.17, 15) is 4.79 Å². The lowest BCUT2D eigenvalue weighted by molar-refractivity contribution is 0.338. The van der Waals surface area contributed by atoms with Gasteiger partial charge in [0.15, 0.2) is 0 Å². The lowest BCUT2D eigenvalue weighted by Gasteiger charge is -2.08. The minimum atomic E-state index is -0.172. The van der Waals surface area contributed by atoms with Crippen molar-refractivity contribution in [2.75, 3.05) is 11.9 Å². The molecule has 2 aromatic carbocycles. The molecule has 4 nitrogen and oxygen atoms in total. The highest BCUT2D eigenvalue weighted by molar-refractivity contribution is 9.09. The Labute approximate surface area is 172 Å². The molecule has 0 atom stereocenters. The zero-order chi connectivity index (χ0) is 19.8. The molecule has 0 amide bonds. The van der Waals surface area contributed by atoms with E-state index in [-0.39, 0.29) is 5.56 Å². The zero-order valence-electron chi connectivity index (χ0n) is 15.6. The van der Waals surface area contributed by atoms with Crippen LogP contribution in [0.1, 0.15) is 11.1 Å². The first-order chi connectivity index (χ1) is 13.7. The average molecular weight is 437 g/mol. The first-order valence-corrected chi connectivity index (χ1v) is 10.1. The molecule has 0 radical (unpaired) electrons. The largest absolute Gasteiger partial charge is 0.472 e. The summed E-state index contributed by atoms with van der Waals surface area (Å²) in [7, 11) is 1.74. The number of aromatic nitrogens is 2. The van der Waals surface area contributed by atoms with Crippen molar-refractivity contribution < 1.29 is 4.74 Å². The van der Waals surface area contributed by atoms with Gasteiger partial charge in [-0.3, -0.25) is 4.79 Å². The van der Waals surface area contributed by atoms with Gasteiger partial charge in [0.1, 0.15) is 17.3 Å². The molecule has 0 N–H and O–H groups in total. The number of alkyl halides is 1.